The molecule has 0 aliphatic carbocycles. The highest BCUT2D eigenvalue weighted by molar-refractivity contribution is 5.75. The topological polar surface area (TPSA) is 66.8 Å². The molecule has 1 atom stereocenters. The number of carbonyl (C=O) groups is 1. The lowest BCUT2D eigenvalue weighted by molar-refractivity contribution is -0.147. The maximum Gasteiger partial charge on any atom is 0.337 e. The van der Waals surface area contributed by atoms with Crippen LogP contribution in [0.5, 0.6) is 5.75 Å². The number of aliphatic hydroxyl groups is 1. The van der Waals surface area contributed by atoms with Gasteiger partial charge in [-0.25, -0.2) is 13.6 Å². The van der Waals surface area contributed by atoms with Gasteiger partial charge in [0.1, 0.15) is 6.67 Å². The first kappa shape index (κ1) is 12.4. The summed E-state index contributed by atoms with van der Waals surface area (Å²) in [5.41, 5.74) is -0.365. The van der Waals surface area contributed by atoms with Crippen LogP contribution in [0, 0.1) is 5.82 Å². The number of benzene rings is 1. The molecule has 0 saturated carbocycles. The van der Waals surface area contributed by atoms with E-state index in [1.165, 1.54) is 0 Å². The zero-order valence-electron chi connectivity index (χ0n) is 8.41. The number of hydrogen-bond acceptors (Lipinski definition) is 3. The van der Waals surface area contributed by atoms with E-state index in [-0.39, 0.29) is 11.1 Å². The number of halogens is 2. The van der Waals surface area contributed by atoms with Crippen molar-refractivity contribution in [3.63, 3.8) is 0 Å². The van der Waals surface area contributed by atoms with Gasteiger partial charge in [-0.05, 0) is 17.7 Å². The summed E-state index contributed by atoms with van der Waals surface area (Å²) in [4.78, 5) is 10.6. The van der Waals surface area contributed by atoms with Gasteiger partial charge in [0.15, 0.2) is 17.7 Å². The minimum Gasteiger partial charge on any atom is -0.493 e. The number of methoxy groups -OCH3 is 1. The molecule has 0 fully saturated rings. The molecular formula is C10H10F2O4. The highest BCUT2D eigenvalue weighted by atomic mass is 19.1. The Hall–Kier alpha value is -1.69. The van der Waals surface area contributed by atoms with Crippen LogP contribution >= 0.6 is 0 Å². The summed E-state index contributed by atoms with van der Waals surface area (Å²) in [6.07, 6.45) is -1.95. The molecule has 0 aliphatic heterocycles. The van der Waals surface area contributed by atoms with Gasteiger partial charge in [0.2, 0.25) is 0 Å². The fraction of sp³-hybridized carbons (Fsp3) is 0.300. The molecule has 1 rings (SSSR count). The third kappa shape index (κ3) is 2.27. The Morgan fingerprint density at radius 1 is 1.56 bits per heavy atom. The molecule has 2 N–H and O–H groups in total. The molecule has 16 heavy (non-hydrogen) atoms. The largest absolute Gasteiger partial charge is 0.493 e. The number of alkyl halides is 1. The zero-order chi connectivity index (χ0) is 12.3. The second kappa shape index (κ2) is 4.89. The Balaban J connectivity index is 3.33. The average molecular weight is 232 g/mol. The van der Waals surface area contributed by atoms with Gasteiger partial charge in [-0.3, -0.25) is 0 Å². The molecule has 0 aliphatic rings. The smallest absolute Gasteiger partial charge is 0.337 e. The van der Waals surface area contributed by atoms with Crippen LogP contribution in [-0.2, 0) is 11.5 Å². The van der Waals surface area contributed by atoms with Crippen LogP contribution in [-0.4, -0.2) is 23.3 Å². The second-order valence-corrected chi connectivity index (χ2v) is 3.07. The van der Waals surface area contributed by atoms with Crippen LogP contribution < -0.4 is 4.74 Å². The van der Waals surface area contributed by atoms with E-state index >= 15 is 0 Å². The van der Waals surface area contributed by atoms with E-state index < -0.39 is 30.3 Å². The van der Waals surface area contributed by atoms with Gasteiger partial charge in [0.25, 0.3) is 0 Å². The van der Waals surface area contributed by atoms with Crippen molar-refractivity contribution in [2.45, 2.75) is 12.8 Å². The van der Waals surface area contributed by atoms with Gasteiger partial charge < -0.3 is 14.9 Å². The van der Waals surface area contributed by atoms with Crippen LogP contribution in [0.4, 0.5) is 8.78 Å². The summed E-state index contributed by atoms with van der Waals surface area (Å²) < 4.78 is 30.3. The van der Waals surface area contributed by atoms with Crippen molar-refractivity contribution in [2.24, 2.45) is 0 Å². The third-order valence-electron chi connectivity index (χ3n) is 2.02. The molecule has 0 radical (unpaired) electrons. The predicted molar refractivity (Wildman–Crippen MR) is 50.4 cm³/mol. The van der Waals surface area contributed by atoms with Crippen molar-refractivity contribution < 1.29 is 28.5 Å². The van der Waals surface area contributed by atoms with Crippen LogP contribution in [0.25, 0.3) is 0 Å². The van der Waals surface area contributed by atoms with E-state index in [0.717, 1.165) is 19.2 Å². The zero-order valence-corrected chi connectivity index (χ0v) is 8.41. The molecule has 1 aromatic carbocycles. The summed E-state index contributed by atoms with van der Waals surface area (Å²) in [6.45, 7) is -0.958. The molecule has 6 heteroatoms. The van der Waals surface area contributed by atoms with Gasteiger partial charge in [0, 0.05) is 5.56 Å². The van der Waals surface area contributed by atoms with Crippen LogP contribution in [0.2, 0.25) is 0 Å². The summed E-state index contributed by atoms with van der Waals surface area (Å²) in [5.74, 6) is -2.87. The van der Waals surface area contributed by atoms with Crippen molar-refractivity contribution in [2.75, 3.05) is 7.11 Å². The van der Waals surface area contributed by atoms with Gasteiger partial charge in [-0.2, -0.15) is 0 Å². The normalized spacial score (nSPS) is 12.2. The number of ether oxygens (including phenoxy) is 1. The van der Waals surface area contributed by atoms with E-state index in [1.807, 2.05) is 0 Å². The molecule has 0 aromatic heterocycles. The summed E-state index contributed by atoms with van der Waals surface area (Å²) in [6, 6.07) is 1.94. The highest BCUT2D eigenvalue weighted by Gasteiger charge is 2.23. The number of aliphatic hydroxyl groups excluding tert-OH is 1. The molecule has 0 bridgehead atoms. The van der Waals surface area contributed by atoms with E-state index in [1.54, 1.807) is 0 Å². The Labute approximate surface area is 90.1 Å². The van der Waals surface area contributed by atoms with E-state index in [2.05, 4.69) is 4.74 Å². The van der Waals surface area contributed by atoms with E-state index in [0.29, 0.717) is 0 Å². The molecule has 0 spiro atoms. The van der Waals surface area contributed by atoms with Crippen molar-refractivity contribution in [1.82, 2.24) is 0 Å². The van der Waals surface area contributed by atoms with Gasteiger partial charge in [-0.1, -0.05) is 0 Å². The SMILES string of the molecule is COc1c(F)cc(CF)cc1C(O)C(=O)O. The van der Waals surface area contributed by atoms with Gasteiger partial charge in [0.05, 0.1) is 7.11 Å². The van der Waals surface area contributed by atoms with Gasteiger partial charge in [-0.15, -0.1) is 0 Å². The van der Waals surface area contributed by atoms with Crippen molar-refractivity contribution >= 4 is 5.97 Å². The number of carboxylic acids is 1. The lowest BCUT2D eigenvalue weighted by atomic mass is 10.0. The molecule has 1 unspecified atom stereocenters. The maximum atomic E-state index is 13.3. The van der Waals surface area contributed by atoms with Crippen molar-refractivity contribution in [3.05, 3.63) is 29.1 Å². The molecule has 1 aromatic rings. The van der Waals surface area contributed by atoms with Crippen molar-refractivity contribution in [3.8, 4) is 5.75 Å². The molecule has 4 nitrogen and oxygen atoms in total. The third-order valence-corrected chi connectivity index (χ3v) is 2.02. The highest BCUT2D eigenvalue weighted by Crippen LogP contribution is 2.30. The minimum atomic E-state index is -1.95. The fourth-order valence-corrected chi connectivity index (χ4v) is 1.30. The summed E-state index contributed by atoms with van der Waals surface area (Å²) in [5, 5.41) is 17.9. The summed E-state index contributed by atoms with van der Waals surface area (Å²) in [7, 11) is 1.13. The van der Waals surface area contributed by atoms with Gasteiger partial charge >= 0.3 is 5.97 Å². The number of carboxylic acid groups (broad SMARTS) is 1. The number of hydrogen-bond donors (Lipinski definition) is 2. The number of aliphatic carboxylic acids is 1. The Morgan fingerprint density at radius 3 is 2.62 bits per heavy atom. The molecule has 0 heterocycles. The summed E-state index contributed by atoms with van der Waals surface area (Å²) >= 11 is 0. The number of rotatable bonds is 4. The lowest BCUT2D eigenvalue weighted by Crippen LogP contribution is -2.13. The molecular weight excluding hydrogens is 222 g/mol. The average Bonchev–Trinajstić information content (AvgIpc) is 2.26. The van der Waals surface area contributed by atoms with Crippen LogP contribution in [0.15, 0.2) is 12.1 Å². The Kier molecular flexibility index (Phi) is 3.78. The lowest BCUT2D eigenvalue weighted by Gasteiger charge is -2.13. The van der Waals surface area contributed by atoms with Crippen molar-refractivity contribution in [1.29, 1.82) is 0 Å². The van der Waals surface area contributed by atoms with E-state index in [4.69, 9.17) is 5.11 Å². The second-order valence-electron chi connectivity index (χ2n) is 3.07. The Morgan fingerprint density at radius 2 is 2.19 bits per heavy atom. The minimum absolute atomic E-state index is 0.0615. The molecule has 0 saturated heterocycles. The van der Waals surface area contributed by atoms with Crippen LogP contribution in [0.3, 0.4) is 0 Å². The first-order chi connectivity index (χ1) is 7.51. The molecule has 88 valence electrons. The monoisotopic (exact) mass is 232 g/mol. The van der Waals surface area contributed by atoms with Crippen LogP contribution in [0.1, 0.15) is 17.2 Å². The predicted octanol–water partition coefficient (Wildman–Crippen LogP) is 1.42. The van der Waals surface area contributed by atoms with E-state index in [9.17, 15) is 18.7 Å². The first-order valence-electron chi connectivity index (χ1n) is 4.34. The molecule has 0 amide bonds. The standard InChI is InChI=1S/C10H10F2O4/c1-16-9-6(8(13)10(14)15)2-5(4-11)3-7(9)12/h2-3,8,13H,4H2,1H3,(H,14,15). The fourth-order valence-electron chi connectivity index (χ4n) is 1.30. The Bertz CT molecular complexity index is 406. The maximum absolute atomic E-state index is 13.3. The first-order valence-corrected chi connectivity index (χ1v) is 4.34. The quantitative estimate of drug-likeness (QED) is 0.823.